The zero-order valence-corrected chi connectivity index (χ0v) is 15.4. The van der Waals surface area contributed by atoms with Gasteiger partial charge in [-0.2, -0.15) is 5.10 Å². The van der Waals surface area contributed by atoms with Gasteiger partial charge in [0.1, 0.15) is 0 Å². The molecule has 0 aliphatic heterocycles. The molecule has 0 atom stereocenters. The summed E-state index contributed by atoms with van der Waals surface area (Å²) in [5.41, 5.74) is 2.82. The van der Waals surface area contributed by atoms with Crippen LogP contribution in [0.1, 0.15) is 65.8 Å². The molecule has 2 aromatic heterocycles. The van der Waals surface area contributed by atoms with Crippen LogP contribution in [0, 0.1) is 6.92 Å². The number of carbonyl (C=O) groups excluding carboxylic acids is 1. The largest absolute Gasteiger partial charge is 0.339 e. The lowest BCUT2D eigenvalue weighted by Gasteiger charge is -2.31. The summed E-state index contributed by atoms with van der Waals surface area (Å²) in [5.74, 6) is 0.386. The zero-order chi connectivity index (χ0) is 18.3. The quantitative estimate of drug-likeness (QED) is 0.914. The van der Waals surface area contributed by atoms with Crippen LogP contribution in [0.25, 0.3) is 5.95 Å². The first-order valence-corrected chi connectivity index (χ1v) is 9.50. The van der Waals surface area contributed by atoms with Crippen molar-refractivity contribution in [1.29, 1.82) is 0 Å². The Morgan fingerprint density at radius 1 is 1.23 bits per heavy atom. The predicted octanol–water partition coefficient (Wildman–Crippen LogP) is 2.16. The third kappa shape index (κ3) is 2.85. The van der Waals surface area contributed by atoms with E-state index in [4.69, 9.17) is 0 Å². The molecule has 0 saturated heterocycles. The van der Waals surface area contributed by atoms with Crippen molar-refractivity contribution in [3.63, 3.8) is 0 Å². The van der Waals surface area contributed by atoms with Crippen molar-refractivity contribution in [2.45, 2.75) is 64.3 Å². The van der Waals surface area contributed by atoms with Gasteiger partial charge in [-0.25, -0.2) is 9.67 Å². The highest BCUT2D eigenvalue weighted by molar-refractivity contribution is 5.95. The van der Waals surface area contributed by atoms with E-state index in [1.54, 1.807) is 10.9 Å². The maximum Gasteiger partial charge on any atom is 0.257 e. The van der Waals surface area contributed by atoms with E-state index in [-0.39, 0.29) is 11.5 Å². The highest BCUT2D eigenvalue weighted by Crippen LogP contribution is 2.24. The number of amides is 1. The summed E-state index contributed by atoms with van der Waals surface area (Å²) in [6.07, 6.45) is 9.90. The zero-order valence-electron chi connectivity index (χ0n) is 15.4. The van der Waals surface area contributed by atoms with Crippen molar-refractivity contribution in [2.24, 2.45) is 0 Å². The van der Waals surface area contributed by atoms with E-state index >= 15 is 0 Å². The second-order valence-corrected chi connectivity index (χ2v) is 7.43. The third-order valence-corrected chi connectivity index (χ3v) is 5.81. The Bertz CT molecular complexity index is 892. The summed E-state index contributed by atoms with van der Waals surface area (Å²) in [5, 5.41) is 4.34. The normalized spacial score (nSPS) is 17.3. The molecule has 2 aliphatic carbocycles. The fourth-order valence-corrected chi connectivity index (χ4v) is 4.19. The van der Waals surface area contributed by atoms with Crippen molar-refractivity contribution < 1.29 is 4.79 Å². The van der Waals surface area contributed by atoms with Gasteiger partial charge in [0, 0.05) is 18.7 Å². The summed E-state index contributed by atoms with van der Waals surface area (Å²) < 4.78 is 1.57. The molecule has 7 nitrogen and oxygen atoms in total. The van der Waals surface area contributed by atoms with Crippen molar-refractivity contribution in [3.8, 4) is 5.95 Å². The minimum absolute atomic E-state index is 0.0100. The Morgan fingerprint density at radius 2 is 2.00 bits per heavy atom. The van der Waals surface area contributed by atoms with Gasteiger partial charge in [0.2, 0.25) is 5.95 Å². The fourth-order valence-electron chi connectivity index (χ4n) is 4.19. The van der Waals surface area contributed by atoms with Gasteiger partial charge in [-0.15, -0.1) is 0 Å². The molecule has 4 rings (SSSR count). The van der Waals surface area contributed by atoms with Crippen molar-refractivity contribution in [1.82, 2.24) is 24.6 Å². The number of H-pyrrole nitrogens is 1. The Kier molecular flexibility index (Phi) is 4.38. The topological polar surface area (TPSA) is 83.9 Å². The van der Waals surface area contributed by atoms with Crippen LogP contribution in [0.4, 0.5) is 0 Å². The molecule has 2 aliphatic rings. The van der Waals surface area contributed by atoms with Gasteiger partial charge in [-0.1, -0.05) is 19.3 Å². The van der Waals surface area contributed by atoms with E-state index in [0.29, 0.717) is 23.2 Å². The van der Waals surface area contributed by atoms with Crippen LogP contribution >= 0.6 is 0 Å². The number of aromatic nitrogens is 4. The number of hydrogen-bond acceptors (Lipinski definition) is 4. The van der Waals surface area contributed by atoms with Gasteiger partial charge in [-0.05, 0) is 39.0 Å². The lowest BCUT2D eigenvalue weighted by atomic mass is 9.94. The third-order valence-electron chi connectivity index (χ3n) is 5.81. The Labute approximate surface area is 152 Å². The number of fused-ring (bicyclic) bond motifs is 1. The number of rotatable bonds is 3. The Balaban J connectivity index is 1.63. The maximum absolute atomic E-state index is 12.9. The highest BCUT2D eigenvalue weighted by Gasteiger charge is 2.26. The lowest BCUT2D eigenvalue weighted by Crippen LogP contribution is -2.38. The molecular formula is C19H25N5O2. The summed E-state index contributed by atoms with van der Waals surface area (Å²) in [7, 11) is 1.88. The molecule has 1 N–H and O–H groups in total. The highest BCUT2D eigenvalue weighted by atomic mass is 16.2. The molecule has 0 unspecified atom stereocenters. The Morgan fingerprint density at radius 3 is 2.77 bits per heavy atom. The van der Waals surface area contributed by atoms with Crippen LogP contribution in [0.2, 0.25) is 0 Å². The first-order chi connectivity index (χ1) is 12.6. The van der Waals surface area contributed by atoms with Gasteiger partial charge in [0.25, 0.3) is 11.5 Å². The molecule has 1 saturated carbocycles. The number of nitrogens with one attached hydrogen (secondary N) is 1. The van der Waals surface area contributed by atoms with Crippen LogP contribution in [0.15, 0.2) is 11.0 Å². The van der Waals surface area contributed by atoms with Crippen molar-refractivity contribution >= 4 is 5.91 Å². The maximum atomic E-state index is 12.9. The molecule has 1 fully saturated rings. The molecule has 26 heavy (non-hydrogen) atoms. The van der Waals surface area contributed by atoms with Crippen LogP contribution in [0.5, 0.6) is 0 Å². The van der Waals surface area contributed by atoms with Crippen LogP contribution < -0.4 is 5.56 Å². The van der Waals surface area contributed by atoms with Crippen LogP contribution in [-0.2, 0) is 12.8 Å². The number of aryl methyl sites for hydroxylation is 1. The summed E-state index contributed by atoms with van der Waals surface area (Å²) in [6.45, 7) is 1.85. The van der Waals surface area contributed by atoms with Crippen LogP contribution in [0.3, 0.4) is 0 Å². The number of aromatic amines is 1. The number of hydrogen-bond donors (Lipinski definition) is 1. The van der Waals surface area contributed by atoms with E-state index in [1.165, 1.54) is 19.3 Å². The SMILES string of the molecule is Cc1c(C(=O)N(C)C2CCCCC2)cnn1-c1nc2c(c(=O)[nH]1)CCC2. The monoisotopic (exact) mass is 355 g/mol. The van der Waals surface area contributed by atoms with Gasteiger partial charge in [0.05, 0.1) is 23.1 Å². The van der Waals surface area contributed by atoms with Crippen molar-refractivity contribution in [2.75, 3.05) is 7.05 Å². The smallest absolute Gasteiger partial charge is 0.257 e. The summed E-state index contributed by atoms with van der Waals surface area (Å²) in [4.78, 5) is 34.4. The second-order valence-electron chi connectivity index (χ2n) is 7.43. The fraction of sp³-hybridized carbons (Fsp3) is 0.579. The first kappa shape index (κ1) is 17.0. The van der Waals surface area contributed by atoms with Crippen molar-refractivity contribution in [3.05, 3.63) is 39.1 Å². The molecule has 138 valence electrons. The van der Waals surface area contributed by atoms with E-state index in [2.05, 4.69) is 15.1 Å². The lowest BCUT2D eigenvalue weighted by molar-refractivity contribution is 0.0695. The molecular weight excluding hydrogens is 330 g/mol. The summed E-state index contributed by atoms with van der Waals surface area (Å²) in [6, 6.07) is 0.303. The average molecular weight is 355 g/mol. The van der Waals surface area contributed by atoms with E-state index in [9.17, 15) is 9.59 Å². The standard InChI is InChI=1S/C19H25N5O2/c1-12-15(18(26)23(2)13-7-4-3-5-8-13)11-20-24(12)19-21-16-10-6-9-14(16)17(25)22-19/h11,13H,3-10H2,1-2H3,(H,21,22,25). The molecule has 0 aromatic carbocycles. The molecule has 1 amide bonds. The molecule has 0 spiro atoms. The molecule has 7 heteroatoms. The van der Waals surface area contributed by atoms with Gasteiger partial charge >= 0.3 is 0 Å². The molecule has 2 aromatic rings. The Hall–Kier alpha value is -2.44. The molecule has 0 bridgehead atoms. The molecule has 0 radical (unpaired) electrons. The van der Waals surface area contributed by atoms with Crippen LogP contribution in [-0.4, -0.2) is 43.6 Å². The predicted molar refractivity (Wildman–Crippen MR) is 97.7 cm³/mol. The first-order valence-electron chi connectivity index (χ1n) is 9.50. The van der Waals surface area contributed by atoms with Gasteiger partial charge < -0.3 is 4.90 Å². The molecule has 2 heterocycles. The minimum atomic E-state index is -0.0930. The number of nitrogens with zero attached hydrogens (tertiary/aromatic N) is 4. The van der Waals surface area contributed by atoms with E-state index in [1.807, 2.05) is 18.9 Å². The number of carbonyl (C=O) groups is 1. The van der Waals surface area contributed by atoms with Gasteiger partial charge in [-0.3, -0.25) is 14.6 Å². The summed E-state index contributed by atoms with van der Waals surface area (Å²) >= 11 is 0. The second kappa shape index (κ2) is 6.70. The minimum Gasteiger partial charge on any atom is -0.339 e. The average Bonchev–Trinajstić information content (AvgIpc) is 3.28. The van der Waals surface area contributed by atoms with E-state index < -0.39 is 0 Å². The van der Waals surface area contributed by atoms with E-state index in [0.717, 1.165) is 43.4 Å². The van der Waals surface area contributed by atoms with Gasteiger partial charge in [0.15, 0.2) is 0 Å².